The van der Waals surface area contributed by atoms with Gasteiger partial charge in [-0.1, -0.05) is 60.7 Å². The molecule has 0 bridgehead atoms. The van der Waals surface area contributed by atoms with Gasteiger partial charge in [0.2, 0.25) is 0 Å². The van der Waals surface area contributed by atoms with Gasteiger partial charge >= 0.3 is 11.9 Å². The van der Waals surface area contributed by atoms with E-state index in [4.69, 9.17) is 15.3 Å². The maximum atomic E-state index is 9.72. The van der Waals surface area contributed by atoms with Crippen molar-refractivity contribution in [3.63, 3.8) is 0 Å². The highest BCUT2D eigenvalue weighted by molar-refractivity contribution is 5.79. The summed E-state index contributed by atoms with van der Waals surface area (Å²) in [5.74, 6) is -2.85. The minimum absolute atomic E-state index is 0.185. The van der Waals surface area contributed by atoms with Crippen molar-refractivity contribution < 1.29 is 24.9 Å². The van der Waals surface area contributed by atoms with Crippen LogP contribution in [0.15, 0.2) is 48.5 Å². The molecular formula is C25H29NO5. The Morgan fingerprint density at radius 3 is 1.84 bits per heavy atom. The quantitative estimate of drug-likeness (QED) is 0.599. The molecule has 4 N–H and O–H groups in total. The van der Waals surface area contributed by atoms with Crippen LogP contribution in [-0.4, -0.2) is 46.5 Å². The van der Waals surface area contributed by atoms with E-state index in [1.165, 1.54) is 47.9 Å². The molecule has 0 heterocycles. The molecule has 2 aliphatic carbocycles. The Hall–Kier alpha value is -2.96. The molecule has 0 saturated heterocycles. The lowest BCUT2D eigenvalue weighted by Crippen LogP contribution is -2.39. The number of aliphatic hydroxyl groups excluding tert-OH is 1. The van der Waals surface area contributed by atoms with Gasteiger partial charge < -0.3 is 20.6 Å². The molecule has 1 unspecified atom stereocenters. The van der Waals surface area contributed by atoms with E-state index < -0.39 is 24.5 Å². The zero-order valence-corrected chi connectivity index (χ0v) is 17.6. The fraction of sp³-hybridized carbons (Fsp3) is 0.360. The Kier molecular flexibility index (Phi) is 7.25. The van der Waals surface area contributed by atoms with Crippen LogP contribution in [0.3, 0.4) is 0 Å². The van der Waals surface area contributed by atoms with Gasteiger partial charge in [-0.25, -0.2) is 4.79 Å². The minimum Gasteiger partial charge on any atom is -0.481 e. The third-order valence-electron chi connectivity index (χ3n) is 6.30. The van der Waals surface area contributed by atoms with Gasteiger partial charge in [-0.2, -0.15) is 0 Å². The zero-order valence-electron chi connectivity index (χ0n) is 17.6. The molecule has 1 saturated carbocycles. The molecule has 1 fully saturated rings. The molecule has 1 atom stereocenters. The molecule has 0 aromatic heterocycles. The number of hydrogen-bond donors (Lipinski definition) is 4. The van der Waals surface area contributed by atoms with Crippen LogP contribution in [-0.2, 0) is 15.0 Å². The van der Waals surface area contributed by atoms with Gasteiger partial charge in [-0.3, -0.25) is 4.79 Å². The summed E-state index contributed by atoms with van der Waals surface area (Å²) in [7, 11) is 2.10. The smallest absolute Gasteiger partial charge is 0.333 e. The summed E-state index contributed by atoms with van der Waals surface area (Å²) in [6, 6.07) is 18.6. The number of aliphatic hydroxyl groups is 1. The van der Waals surface area contributed by atoms with Crippen molar-refractivity contribution in [3.05, 3.63) is 70.8 Å². The topological polar surface area (TPSA) is 107 Å². The summed E-state index contributed by atoms with van der Waals surface area (Å²) in [6.07, 6.45) is 7.01. The maximum Gasteiger partial charge on any atom is 0.333 e. The maximum absolute atomic E-state index is 9.72. The van der Waals surface area contributed by atoms with E-state index in [9.17, 15) is 9.59 Å². The average Bonchev–Trinajstić information content (AvgIpc) is 2.90. The third kappa shape index (κ3) is 5.03. The number of nitrogens with one attached hydrogen (secondary N) is 1. The van der Waals surface area contributed by atoms with Crippen molar-refractivity contribution in [1.82, 2.24) is 5.32 Å². The van der Waals surface area contributed by atoms with Crippen LogP contribution in [0.25, 0.3) is 12.2 Å². The molecule has 31 heavy (non-hydrogen) atoms. The lowest BCUT2D eigenvalue weighted by molar-refractivity contribution is -0.152. The van der Waals surface area contributed by atoms with Crippen LogP contribution in [0.4, 0.5) is 0 Å². The number of benzene rings is 2. The average molecular weight is 424 g/mol. The van der Waals surface area contributed by atoms with E-state index >= 15 is 0 Å². The SMILES string of the molecule is CNC1CCC2(CC1)c1ccccc1C=Cc1ccccc12.O=C(O)CC(O)C(=O)O. The first kappa shape index (κ1) is 22.7. The number of fused-ring (bicyclic) bond motifs is 4. The van der Waals surface area contributed by atoms with Gasteiger partial charge in [0, 0.05) is 11.5 Å². The fourth-order valence-electron chi connectivity index (χ4n) is 4.67. The number of rotatable bonds is 4. The second kappa shape index (κ2) is 9.90. The fourth-order valence-corrected chi connectivity index (χ4v) is 4.67. The van der Waals surface area contributed by atoms with Gasteiger partial charge in [-0.15, -0.1) is 0 Å². The second-order valence-corrected chi connectivity index (χ2v) is 8.10. The lowest BCUT2D eigenvalue weighted by atomic mass is 9.63. The van der Waals surface area contributed by atoms with Crippen LogP contribution in [0.2, 0.25) is 0 Å². The van der Waals surface area contributed by atoms with E-state index in [2.05, 4.69) is 73.0 Å². The highest BCUT2D eigenvalue weighted by atomic mass is 16.4. The lowest BCUT2D eigenvalue weighted by Gasteiger charge is -2.42. The molecule has 2 aliphatic rings. The van der Waals surface area contributed by atoms with Crippen molar-refractivity contribution in [2.45, 2.75) is 49.7 Å². The summed E-state index contributed by atoms with van der Waals surface area (Å²) in [6.45, 7) is 0. The van der Waals surface area contributed by atoms with Gasteiger partial charge in [0.25, 0.3) is 0 Å². The van der Waals surface area contributed by atoms with Crippen molar-refractivity contribution in [2.75, 3.05) is 7.05 Å². The number of carbonyl (C=O) groups is 2. The van der Waals surface area contributed by atoms with E-state index in [1.54, 1.807) is 0 Å². The number of carboxylic acids is 2. The Labute approximate surface area is 182 Å². The molecule has 1 spiro atoms. The van der Waals surface area contributed by atoms with Gasteiger partial charge in [-0.05, 0) is 55.0 Å². The summed E-state index contributed by atoms with van der Waals surface area (Å²) >= 11 is 0. The van der Waals surface area contributed by atoms with Crippen LogP contribution in [0.1, 0.15) is 54.4 Å². The van der Waals surface area contributed by atoms with Gasteiger partial charge in [0.1, 0.15) is 0 Å². The normalized spacial score (nSPS) is 17.5. The van der Waals surface area contributed by atoms with Crippen LogP contribution in [0, 0.1) is 0 Å². The van der Waals surface area contributed by atoms with E-state index in [-0.39, 0.29) is 5.41 Å². The summed E-state index contributed by atoms with van der Waals surface area (Å²) in [5, 5.41) is 27.6. The molecule has 0 amide bonds. The highest BCUT2D eigenvalue weighted by Gasteiger charge is 2.40. The minimum atomic E-state index is -1.79. The summed E-state index contributed by atoms with van der Waals surface area (Å²) < 4.78 is 0. The Morgan fingerprint density at radius 2 is 1.45 bits per heavy atom. The Balaban J connectivity index is 0.000000259. The van der Waals surface area contributed by atoms with Crippen molar-refractivity contribution in [3.8, 4) is 0 Å². The number of aliphatic carboxylic acids is 2. The van der Waals surface area contributed by atoms with Crippen LogP contribution in [0.5, 0.6) is 0 Å². The monoisotopic (exact) mass is 423 g/mol. The second-order valence-electron chi connectivity index (χ2n) is 8.10. The zero-order chi connectivity index (χ0) is 22.4. The molecule has 6 nitrogen and oxygen atoms in total. The van der Waals surface area contributed by atoms with Crippen molar-refractivity contribution in [2.24, 2.45) is 0 Å². The predicted molar refractivity (Wildman–Crippen MR) is 120 cm³/mol. The standard InChI is InChI=1S/C21H23N.C4H6O5/c1-22-18-12-14-21(15-13-18)19-8-4-2-6-16(19)10-11-17-7-3-5-9-20(17)21;5-2(4(8)9)1-3(6)7/h2-11,18,22H,12-15H2,1H3;2,5H,1H2,(H,6,7)(H,8,9). The molecule has 164 valence electrons. The molecule has 0 aliphatic heterocycles. The predicted octanol–water partition coefficient (Wildman–Crippen LogP) is 3.53. The summed E-state index contributed by atoms with van der Waals surface area (Å²) in [4.78, 5) is 19.4. The molecule has 2 aromatic carbocycles. The van der Waals surface area contributed by atoms with E-state index in [0.29, 0.717) is 6.04 Å². The molecule has 0 radical (unpaired) electrons. The Morgan fingerprint density at radius 1 is 0.968 bits per heavy atom. The molecule has 6 heteroatoms. The summed E-state index contributed by atoms with van der Waals surface area (Å²) in [5.41, 5.74) is 6.00. The number of hydrogen-bond acceptors (Lipinski definition) is 4. The first-order valence-corrected chi connectivity index (χ1v) is 10.5. The van der Waals surface area contributed by atoms with Gasteiger partial charge in [0.15, 0.2) is 6.10 Å². The van der Waals surface area contributed by atoms with Crippen LogP contribution >= 0.6 is 0 Å². The molecule has 4 rings (SSSR count). The van der Waals surface area contributed by atoms with Crippen molar-refractivity contribution >= 4 is 24.1 Å². The van der Waals surface area contributed by atoms with Crippen molar-refractivity contribution in [1.29, 1.82) is 0 Å². The first-order chi connectivity index (χ1) is 14.9. The largest absolute Gasteiger partial charge is 0.481 e. The highest BCUT2D eigenvalue weighted by Crippen LogP contribution is 2.48. The molecular weight excluding hydrogens is 394 g/mol. The Bertz CT molecular complexity index is 908. The van der Waals surface area contributed by atoms with E-state index in [1.807, 2.05) is 0 Å². The molecule has 2 aromatic rings. The number of carboxylic acid groups (broad SMARTS) is 2. The first-order valence-electron chi connectivity index (χ1n) is 10.5. The van der Waals surface area contributed by atoms with Crippen LogP contribution < -0.4 is 5.32 Å². The van der Waals surface area contributed by atoms with E-state index in [0.717, 1.165) is 0 Å². The van der Waals surface area contributed by atoms with Gasteiger partial charge in [0.05, 0.1) is 6.42 Å². The third-order valence-corrected chi connectivity index (χ3v) is 6.30.